The number of amides is 3. The molecule has 2 atom stereocenters. The fraction of sp³-hybridized carbons (Fsp3) is 0.500. The van der Waals surface area contributed by atoms with Crippen LogP contribution in [0.5, 0.6) is 0 Å². The Hall–Kier alpha value is -2.37. The van der Waals surface area contributed by atoms with E-state index in [9.17, 15) is 14.4 Å². The van der Waals surface area contributed by atoms with Crippen LogP contribution in [0.25, 0.3) is 0 Å². The monoisotopic (exact) mass is 329 g/mol. The maximum absolute atomic E-state index is 12.7. The van der Waals surface area contributed by atoms with Crippen molar-refractivity contribution in [2.75, 3.05) is 19.6 Å². The summed E-state index contributed by atoms with van der Waals surface area (Å²) in [5.41, 5.74) is 1.64. The van der Waals surface area contributed by atoms with Crippen LogP contribution in [0.4, 0.5) is 0 Å². The van der Waals surface area contributed by atoms with Gasteiger partial charge in [0.25, 0.3) is 5.91 Å². The third-order valence-corrected chi connectivity index (χ3v) is 4.75. The summed E-state index contributed by atoms with van der Waals surface area (Å²) in [6.45, 7) is 6.87. The zero-order chi connectivity index (χ0) is 17.4. The van der Waals surface area contributed by atoms with E-state index in [2.05, 4.69) is 5.32 Å². The molecule has 6 nitrogen and oxygen atoms in total. The van der Waals surface area contributed by atoms with Gasteiger partial charge in [-0.15, -0.1) is 0 Å². The molecule has 24 heavy (non-hydrogen) atoms. The van der Waals surface area contributed by atoms with E-state index in [4.69, 9.17) is 0 Å². The van der Waals surface area contributed by atoms with Gasteiger partial charge in [-0.1, -0.05) is 31.5 Å². The Kier molecular flexibility index (Phi) is 4.30. The Morgan fingerprint density at radius 3 is 2.67 bits per heavy atom. The molecule has 2 fully saturated rings. The number of nitrogens with zero attached hydrogens (tertiary/aromatic N) is 2. The summed E-state index contributed by atoms with van der Waals surface area (Å²) in [4.78, 5) is 40.9. The fourth-order valence-electron chi connectivity index (χ4n) is 3.36. The molecule has 3 amide bonds. The highest BCUT2D eigenvalue weighted by atomic mass is 16.2. The Balaban J connectivity index is 1.76. The van der Waals surface area contributed by atoms with Gasteiger partial charge < -0.3 is 15.1 Å². The van der Waals surface area contributed by atoms with E-state index in [-0.39, 0.29) is 30.2 Å². The van der Waals surface area contributed by atoms with Crippen molar-refractivity contribution in [1.29, 1.82) is 0 Å². The molecule has 2 aliphatic rings. The first-order chi connectivity index (χ1) is 11.4. The predicted molar refractivity (Wildman–Crippen MR) is 89.4 cm³/mol. The maximum atomic E-state index is 12.7. The third-order valence-electron chi connectivity index (χ3n) is 4.75. The molecule has 0 saturated carbocycles. The van der Waals surface area contributed by atoms with E-state index in [0.717, 1.165) is 5.56 Å². The molecule has 128 valence electrons. The van der Waals surface area contributed by atoms with Gasteiger partial charge in [0.15, 0.2) is 0 Å². The van der Waals surface area contributed by atoms with E-state index in [1.54, 1.807) is 15.9 Å². The van der Waals surface area contributed by atoms with Crippen molar-refractivity contribution in [3.63, 3.8) is 0 Å². The van der Waals surface area contributed by atoms with Crippen LogP contribution in [0, 0.1) is 12.8 Å². The van der Waals surface area contributed by atoms with Crippen molar-refractivity contribution in [1.82, 2.24) is 15.1 Å². The van der Waals surface area contributed by atoms with Gasteiger partial charge in [0, 0.05) is 18.7 Å². The number of carbonyl (C=O) groups excluding carboxylic acids is 3. The summed E-state index contributed by atoms with van der Waals surface area (Å²) in [5, 5.41) is 2.81. The summed E-state index contributed by atoms with van der Waals surface area (Å²) < 4.78 is 0. The second kappa shape index (κ2) is 6.26. The van der Waals surface area contributed by atoms with Crippen LogP contribution in [0.15, 0.2) is 24.3 Å². The van der Waals surface area contributed by atoms with Gasteiger partial charge in [0.05, 0.1) is 6.54 Å². The number of carbonyl (C=O) groups is 3. The van der Waals surface area contributed by atoms with Crippen LogP contribution >= 0.6 is 0 Å². The molecule has 0 radical (unpaired) electrons. The van der Waals surface area contributed by atoms with Crippen molar-refractivity contribution in [3.05, 3.63) is 35.4 Å². The zero-order valence-corrected chi connectivity index (χ0v) is 14.3. The smallest absolute Gasteiger partial charge is 0.254 e. The number of aryl methyl sites for hydroxylation is 1. The first-order valence-corrected chi connectivity index (χ1v) is 8.35. The molecule has 1 N–H and O–H groups in total. The Labute approximate surface area is 141 Å². The average Bonchev–Trinajstić information content (AvgIpc) is 2.56. The molecule has 2 aliphatic heterocycles. The molecule has 0 aromatic heterocycles. The summed E-state index contributed by atoms with van der Waals surface area (Å²) in [7, 11) is 0. The number of nitrogens with one attached hydrogen (secondary N) is 1. The molecule has 0 unspecified atom stereocenters. The minimum absolute atomic E-state index is 0.0442. The van der Waals surface area contributed by atoms with Crippen molar-refractivity contribution >= 4 is 17.7 Å². The number of rotatable bonds is 2. The lowest BCUT2D eigenvalue weighted by atomic mass is 9.96. The SMILES string of the molecule is Cc1cccc(C(=O)N2CCN3C(=O)[C@H](C(C)C)NC(=O)[C@H]3C2)c1. The molecule has 2 saturated heterocycles. The summed E-state index contributed by atoms with van der Waals surface area (Å²) in [5.74, 6) is -0.258. The topological polar surface area (TPSA) is 69.7 Å². The maximum Gasteiger partial charge on any atom is 0.254 e. The Bertz CT molecular complexity index is 686. The third kappa shape index (κ3) is 2.88. The first kappa shape index (κ1) is 16.5. The van der Waals surface area contributed by atoms with Crippen LogP contribution in [0.3, 0.4) is 0 Å². The summed E-state index contributed by atoms with van der Waals surface area (Å²) in [6.07, 6.45) is 0. The van der Waals surface area contributed by atoms with E-state index < -0.39 is 12.1 Å². The molecule has 0 spiro atoms. The van der Waals surface area contributed by atoms with Gasteiger partial charge in [-0.25, -0.2) is 0 Å². The van der Waals surface area contributed by atoms with Crippen LogP contribution < -0.4 is 5.32 Å². The molecular weight excluding hydrogens is 306 g/mol. The molecular formula is C18H23N3O3. The lowest BCUT2D eigenvalue weighted by molar-refractivity contribution is -0.153. The van der Waals surface area contributed by atoms with Gasteiger partial charge in [0.1, 0.15) is 12.1 Å². The average molecular weight is 329 g/mol. The first-order valence-electron chi connectivity index (χ1n) is 8.35. The molecule has 0 bridgehead atoms. The van der Waals surface area contributed by atoms with Gasteiger partial charge >= 0.3 is 0 Å². The van der Waals surface area contributed by atoms with Crippen LogP contribution in [0.2, 0.25) is 0 Å². The highest BCUT2D eigenvalue weighted by Crippen LogP contribution is 2.21. The van der Waals surface area contributed by atoms with E-state index in [1.165, 1.54) is 0 Å². The number of fused-ring (bicyclic) bond motifs is 1. The lowest BCUT2D eigenvalue weighted by Crippen LogP contribution is -2.70. The number of hydrogen-bond donors (Lipinski definition) is 1. The molecule has 2 heterocycles. The minimum Gasteiger partial charge on any atom is -0.342 e. The summed E-state index contributed by atoms with van der Waals surface area (Å²) >= 11 is 0. The van der Waals surface area contributed by atoms with Crippen LogP contribution in [-0.4, -0.2) is 59.2 Å². The van der Waals surface area contributed by atoms with E-state index in [0.29, 0.717) is 18.7 Å². The molecule has 0 aliphatic carbocycles. The quantitative estimate of drug-likeness (QED) is 0.873. The number of hydrogen-bond acceptors (Lipinski definition) is 3. The van der Waals surface area contributed by atoms with Gasteiger partial charge in [-0.05, 0) is 25.0 Å². The second-order valence-electron chi connectivity index (χ2n) is 6.90. The second-order valence-corrected chi connectivity index (χ2v) is 6.90. The van der Waals surface area contributed by atoms with Gasteiger partial charge in [-0.3, -0.25) is 14.4 Å². The van der Waals surface area contributed by atoms with E-state index in [1.807, 2.05) is 39.0 Å². The highest BCUT2D eigenvalue weighted by Gasteiger charge is 2.45. The van der Waals surface area contributed by atoms with Crippen molar-refractivity contribution in [2.45, 2.75) is 32.9 Å². The molecule has 3 rings (SSSR count). The van der Waals surface area contributed by atoms with Gasteiger partial charge in [-0.2, -0.15) is 0 Å². The Morgan fingerprint density at radius 2 is 2.00 bits per heavy atom. The van der Waals surface area contributed by atoms with Crippen molar-refractivity contribution in [3.8, 4) is 0 Å². The van der Waals surface area contributed by atoms with Crippen LogP contribution in [-0.2, 0) is 9.59 Å². The minimum atomic E-state index is -0.588. The largest absolute Gasteiger partial charge is 0.342 e. The molecule has 6 heteroatoms. The summed E-state index contributed by atoms with van der Waals surface area (Å²) in [6, 6.07) is 6.36. The zero-order valence-electron chi connectivity index (χ0n) is 14.3. The van der Waals surface area contributed by atoms with Crippen molar-refractivity contribution < 1.29 is 14.4 Å². The van der Waals surface area contributed by atoms with Crippen LogP contribution in [0.1, 0.15) is 29.8 Å². The van der Waals surface area contributed by atoms with Crippen molar-refractivity contribution in [2.24, 2.45) is 5.92 Å². The number of benzene rings is 1. The normalized spacial score (nSPS) is 24.0. The molecule has 1 aromatic rings. The molecule has 1 aromatic carbocycles. The lowest BCUT2D eigenvalue weighted by Gasteiger charge is -2.46. The fourth-order valence-corrected chi connectivity index (χ4v) is 3.36. The van der Waals surface area contributed by atoms with E-state index >= 15 is 0 Å². The van der Waals surface area contributed by atoms with Gasteiger partial charge in [0.2, 0.25) is 11.8 Å². The standard InChI is InChI=1S/C18H23N3O3/c1-11(2)15-18(24)21-8-7-20(10-14(21)16(22)19-15)17(23)13-6-4-5-12(3)9-13/h4-6,9,11,14-15H,7-8,10H2,1-3H3,(H,19,22)/t14-,15+/m1/s1. The number of piperazine rings is 2. The predicted octanol–water partition coefficient (Wildman–Crippen LogP) is 0.802. The highest BCUT2D eigenvalue weighted by molar-refractivity contribution is 5.99. The Morgan fingerprint density at radius 1 is 1.25 bits per heavy atom.